The molecule has 0 saturated heterocycles. The molecule has 1 saturated carbocycles. The van der Waals surface area contributed by atoms with Crippen molar-refractivity contribution in [3.05, 3.63) is 41.5 Å². The highest BCUT2D eigenvalue weighted by Gasteiger charge is 2.74. The van der Waals surface area contributed by atoms with Gasteiger partial charge in [0, 0.05) is 18.7 Å². The number of nitriles is 3. The minimum absolute atomic E-state index is 0.0503. The molecule has 1 fully saturated rings. The monoisotopic (exact) mass is 411 g/mol. The van der Waals surface area contributed by atoms with Crippen molar-refractivity contribution < 1.29 is 4.79 Å². The van der Waals surface area contributed by atoms with Gasteiger partial charge in [-0.2, -0.15) is 15.8 Å². The predicted octanol–water partition coefficient (Wildman–Crippen LogP) is 4.11. The van der Waals surface area contributed by atoms with Gasteiger partial charge in [0.2, 0.25) is 11.3 Å². The van der Waals surface area contributed by atoms with E-state index in [1.165, 1.54) is 4.90 Å². The minimum Gasteiger partial charge on any atom is -0.314 e. The van der Waals surface area contributed by atoms with Crippen molar-refractivity contribution in [3.63, 3.8) is 0 Å². The first-order chi connectivity index (χ1) is 14.6. The molecular formula is C25H25N5O. The van der Waals surface area contributed by atoms with Gasteiger partial charge in [-0.3, -0.25) is 4.79 Å². The molecule has 3 aliphatic rings. The van der Waals surface area contributed by atoms with Crippen molar-refractivity contribution in [1.29, 1.82) is 21.2 Å². The molecule has 1 amide bonds. The van der Waals surface area contributed by atoms with Gasteiger partial charge in [0.05, 0.1) is 23.9 Å². The third-order valence-corrected chi connectivity index (χ3v) is 7.72. The molecule has 0 radical (unpaired) electrons. The highest BCUT2D eigenvalue weighted by atomic mass is 16.2. The molecule has 1 unspecified atom stereocenters. The van der Waals surface area contributed by atoms with Gasteiger partial charge in [-0.15, -0.1) is 0 Å². The van der Waals surface area contributed by atoms with Gasteiger partial charge in [0.1, 0.15) is 11.3 Å². The Morgan fingerprint density at radius 2 is 1.81 bits per heavy atom. The molecule has 31 heavy (non-hydrogen) atoms. The molecule has 0 bridgehead atoms. The van der Waals surface area contributed by atoms with Crippen LogP contribution in [0.3, 0.4) is 0 Å². The van der Waals surface area contributed by atoms with Gasteiger partial charge in [0.25, 0.3) is 0 Å². The van der Waals surface area contributed by atoms with Crippen molar-refractivity contribution in [2.45, 2.75) is 39.0 Å². The molecule has 6 heteroatoms. The summed E-state index contributed by atoms with van der Waals surface area (Å²) in [5, 5.41) is 39.6. The van der Waals surface area contributed by atoms with Crippen LogP contribution in [0.5, 0.6) is 0 Å². The Bertz CT molecular complexity index is 1140. The number of nitrogens with zero attached hydrogens (tertiary/aromatic N) is 4. The van der Waals surface area contributed by atoms with E-state index in [0.717, 1.165) is 6.42 Å². The van der Waals surface area contributed by atoms with Gasteiger partial charge < -0.3 is 10.3 Å². The molecule has 1 aliphatic heterocycles. The van der Waals surface area contributed by atoms with E-state index in [1.54, 1.807) is 19.2 Å². The molecule has 156 valence electrons. The Morgan fingerprint density at radius 3 is 2.39 bits per heavy atom. The van der Waals surface area contributed by atoms with E-state index in [1.807, 2.05) is 18.2 Å². The van der Waals surface area contributed by atoms with Crippen LogP contribution in [-0.4, -0.2) is 18.7 Å². The summed E-state index contributed by atoms with van der Waals surface area (Å²) < 4.78 is 0. The molecule has 4 rings (SSSR count). The standard InChI is InChI=1S/C25H25N5O/c1-23(2,3)15-9-10-16-17(12-26)21(29)24(13-27,14-28)25(19(16)11-15)18-7-5-6-8-20(18)30(4)22(25)31/h5-8,10,15,17,19,29H,9,11H2,1-4H3/t15-,17?,19-,25-/m1/s1. The first-order valence-corrected chi connectivity index (χ1v) is 10.5. The number of fused-ring (bicyclic) bond motifs is 4. The normalized spacial score (nSPS) is 31.2. The number of para-hydroxylation sites is 1. The summed E-state index contributed by atoms with van der Waals surface area (Å²) in [5.74, 6) is -1.60. The second kappa shape index (κ2) is 6.53. The Balaban J connectivity index is 2.13. The van der Waals surface area contributed by atoms with Gasteiger partial charge >= 0.3 is 0 Å². The fourth-order valence-corrected chi connectivity index (χ4v) is 6.00. The first-order valence-electron chi connectivity index (χ1n) is 10.5. The number of likely N-dealkylation sites (N-methyl/N-ethyl adjacent to an activating group) is 1. The van der Waals surface area contributed by atoms with Crippen LogP contribution in [0.1, 0.15) is 39.2 Å². The maximum Gasteiger partial charge on any atom is 0.241 e. The van der Waals surface area contributed by atoms with Crippen molar-refractivity contribution in [2.24, 2.45) is 28.6 Å². The summed E-state index contributed by atoms with van der Waals surface area (Å²) in [6.45, 7) is 6.44. The van der Waals surface area contributed by atoms with E-state index in [9.17, 15) is 20.6 Å². The van der Waals surface area contributed by atoms with E-state index in [4.69, 9.17) is 5.41 Å². The number of rotatable bonds is 0. The third kappa shape index (κ3) is 2.30. The van der Waals surface area contributed by atoms with Crippen LogP contribution >= 0.6 is 0 Å². The first kappa shape index (κ1) is 20.8. The van der Waals surface area contributed by atoms with E-state index in [0.29, 0.717) is 23.2 Å². The van der Waals surface area contributed by atoms with Gasteiger partial charge in [-0.25, -0.2) is 0 Å². The topological polar surface area (TPSA) is 116 Å². The summed E-state index contributed by atoms with van der Waals surface area (Å²) in [7, 11) is 1.66. The molecule has 6 nitrogen and oxygen atoms in total. The number of amides is 1. The summed E-state index contributed by atoms with van der Waals surface area (Å²) in [6.07, 6.45) is 3.33. The molecule has 0 aromatic heterocycles. The van der Waals surface area contributed by atoms with Crippen LogP contribution < -0.4 is 4.90 Å². The lowest BCUT2D eigenvalue weighted by atomic mass is 9.43. The van der Waals surface area contributed by atoms with Crippen molar-refractivity contribution >= 4 is 17.3 Å². The van der Waals surface area contributed by atoms with Crippen LogP contribution in [0.4, 0.5) is 5.69 Å². The number of hydrogen-bond acceptors (Lipinski definition) is 5. The van der Waals surface area contributed by atoms with Crippen molar-refractivity contribution in [1.82, 2.24) is 0 Å². The molecule has 4 atom stereocenters. The maximum atomic E-state index is 14.0. The van der Waals surface area contributed by atoms with Crippen LogP contribution in [0.15, 0.2) is 35.9 Å². The number of nitrogens with one attached hydrogen (secondary N) is 1. The highest BCUT2D eigenvalue weighted by molar-refractivity contribution is 6.16. The molecule has 1 aromatic carbocycles. The van der Waals surface area contributed by atoms with E-state index in [2.05, 4.69) is 39.0 Å². The van der Waals surface area contributed by atoms with Gasteiger partial charge in [0.15, 0.2) is 0 Å². The number of hydrogen-bond donors (Lipinski definition) is 1. The van der Waals surface area contributed by atoms with Crippen LogP contribution in [0.2, 0.25) is 0 Å². The minimum atomic E-state index is -2.05. The molecule has 1 spiro atoms. The molecule has 2 aliphatic carbocycles. The molecule has 1 heterocycles. The van der Waals surface area contributed by atoms with Crippen LogP contribution in [-0.2, 0) is 10.2 Å². The fraction of sp³-hybridized carbons (Fsp3) is 0.480. The summed E-state index contributed by atoms with van der Waals surface area (Å²) >= 11 is 0. The SMILES string of the molecule is CN1C(=O)[C@@]2(c3ccccc31)[C@@H]1C[C@H](C(C)(C)C)CC=C1C(C#N)C(=N)C2(C#N)C#N. The largest absolute Gasteiger partial charge is 0.314 e. The molecular weight excluding hydrogens is 386 g/mol. The Labute approximate surface area is 182 Å². The quantitative estimate of drug-likeness (QED) is 0.647. The smallest absolute Gasteiger partial charge is 0.241 e. The highest BCUT2D eigenvalue weighted by Crippen LogP contribution is 2.65. The zero-order chi connectivity index (χ0) is 22.8. The Kier molecular flexibility index (Phi) is 4.39. The lowest BCUT2D eigenvalue weighted by Crippen LogP contribution is -2.65. The zero-order valence-electron chi connectivity index (χ0n) is 18.2. The second-order valence-electron chi connectivity index (χ2n) is 9.93. The van der Waals surface area contributed by atoms with E-state index in [-0.39, 0.29) is 23.0 Å². The number of allylic oxidation sites excluding steroid dienone is 2. The lowest BCUT2D eigenvalue weighted by molar-refractivity contribution is -0.127. The number of anilines is 1. The van der Waals surface area contributed by atoms with Gasteiger partial charge in [-0.1, -0.05) is 45.0 Å². The molecule has 1 N–H and O–H groups in total. The summed E-state index contributed by atoms with van der Waals surface area (Å²) in [5.41, 5.74) is -1.94. The van der Waals surface area contributed by atoms with Crippen molar-refractivity contribution in [2.75, 3.05) is 11.9 Å². The number of carbonyl (C=O) groups excluding carboxylic acids is 1. The van der Waals surface area contributed by atoms with Crippen LogP contribution in [0, 0.1) is 68.0 Å². The van der Waals surface area contributed by atoms with E-state index < -0.39 is 22.7 Å². The fourth-order valence-electron chi connectivity index (χ4n) is 6.00. The second-order valence-corrected chi connectivity index (χ2v) is 9.93. The molecule has 1 aromatic rings. The van der Waals surface area contributed by atoms with Crippen molar-refractivity contribution in [3.8, 4) is 18.2 Å². The number of carbonyl (C=O) groups is 1. The Morgan fingerprint density at radius 1 is 1.16 bits per heavy atom. The predicted molar refractivity (Wildman–Crippen MR) is 116 cm³/mol. The van der Waals surface area contributed by atoms with Crippen LogP contribution in [0.25, 0.3) is 0 Å². The zero-order valence-corrected chi connectivity index (χ0v) is 18.2. The lowest BCUT2D eigenvalue weighted by Gasteiger charge is -2.53. The van der Waals surface area contributed by atoms with E-state index >= 15 is 0 Å². The van der Waals surface area contributed by atoms with Gasteiger partial charge in [-0.05, 0) is 41.4 Å². The average Bonchev–Trinajstić information content (AvgIpc) is 2.98. The summed E-state index contributed by atoms with van der Waals surface area (Å²) in [6, 6.07) is 13.6. The Hall–Kier alpha value is -3.43. The maximum absolute atomic E-state index is 14.0. The average molecular weight is 412 g/mol. The third-order valence-electron chi connectivity index (χ3n) is 7.72. The summed E-state index contributed by atoms with van der Waals surface area (Å²) in [4.78, 5) is 15.6. The number of benzene rings is 1.